The Balaban J connectivity index is 2.07. The van der Waals surface area contributed by atoms with Gasteiger partial charge in [-0.2, -0.15) is 0 Å². The standard InChI is InChI=1S/C18H26F2N2O2/c1-21(2)9-10-22(13-14-5-6-15(19)16(20)11-14)17(23)12-18(24)7-3-4-8-18/h5-6,11,24H,3-4,7-10,12-13H2,1-2H3. The lowest BCUT2D eigenvalue weighted by molar-refractivity contribution is -0.137. The fourth-order valence-electron chi connectivity index (χ4n) is 3.07. The number of likely N-dealkylation sites (N-methyl/N-ethyl adjacent to an activating group) is 1. The predicted octanol–water partition coefficient (Wildman–Crippen LogP) is 2.55. The Bertz CT molecular complexity index is 572. The molecule has 1 N–H and O–H groups in total. The van der Waals surface area contributed by atoms with Gasteiger partial charge in [-0.05, 0) is 44.6 Å². The molecule has 134 valence electrons. The van der Waals surface area contributed by atoms with Gasteiger partial charge in [0, 0.05) is 19.6 Å². The van der Waals surface area contributed by atoms with Gasteiger partial charge in [0.2, 0.25) is 5.91 Å². The Kier molecular flexibility index (Phi) is 6.29. The van der Waals surface area contributed by atoms with Crippen LogP contribution in [0.25, 0.3) is 0 Å². The highest BCUT2D eigenvalue weighted by atomic mass is 19.2. The molecule has 4 nitrogen and oxygen atoms in total. The maximum absolute atomic E-state index is 13.4. The third kappa shape index (κ3) is 5.24. The topological polar surface area (TPSA) is 43.8 Å². The SMILES string of the molecule is CN(C)CCN(Cc1ccc(F)c(F)c1)C(=O)CC1(O)CCCC1. The second kappa shape index (κ2) is 8.03. The van der Waals surface area contributed by atoms with Crippen LogP contribution in [0.3, 0.4) is 0 Å². The molecule has 1 amide bonds. The summed E-state index contributed by atoms with van der Waals surface area (Å²) in [4.78, 5) is 16.2. The van der Waals surface area contributed by atoms with Gasteiger partial charge in [-0.25, -0.2) is 8.78 Å². The minimum atomic E-state index is -0.915. The van der Waals surface area contributed by atoms with Gasteiger partial charge in [0.05, 0.1) is 12.0 Å². The van der Waals surface area contributed by atoms with Gasteiger partial charge in [0.1, 0.15) is 0 Å². The zero-order valence-electron chi connectivity index (χ0n) is 14.4. The maximum atomic E-state index is 13.4. The molecule has 1 aliphatic rings. The number of halogens is 2. The summed E-state index contributed by atoms with van der Waals surface area (Å²) in [6, 6.07) is 3.68. The molecule has 0 spiro atoms. The van der Waals surface area contributed by atoms with Gasteiger partial charge < -0.3 is 14.9 Å². The molecule has 6 heteroatoms. The van der Waals surface area contributed by atoms with Crippen molar-refractivity contribution >= 4 is 5.91 Å². The average Bonchev–Trinajstić information content (AvgIpc) is 2.93. The number of amides is 1. The van der Waals surface area contributed by atoms with E-state index in [1.807, 2.05) is 19.0 Å². The van der Waals surface area contributed by atoms with Crippen molar-refractivity contribution in [1.29, 1.82) is 0 Å². The first-order valence-corrected chi connectivity index (χ1v) is 8.38. The number of benzene rings is 1. The molecule has 0 atom stereocenters. The first-order chi connectivity index (χ1) is 11.3. The van der Waals surface area contributed by atoms with Crippen molar-refractivity contribution < 1.29 is 18.7 Å². The van der Waals surface area contributed by atoms with Crippen molar-refractivity contribution in [3.05, 3.63) is 35.4 Å². The molecule has 1 aliphatic carbocycles. The number of carbonyl (C=O) groups is 1. The zero-order chi connectivity index (χ0) is 17.7. The second-order valence-electron chi connectivity index (χ2n) is 6.98. The van der Waals surface area contributed by atoms with Crippen molar-refractivity contribution in [3.63, 3.8) is 0 Å². The Labute approximate surface area is 142 Å². The van der Waals surface area contributed by atoms with E-state index in [1.54, 1.807) is 4.90 Å². The Morgan fingerprint density at radius 2 is 1.83 bits per heavy atom. The van der Waals surface area contributed by atoms with E-state index in [4.69, 9.17) is 0 Å². The number of nitrogens with zero attached hydrogens (tertiary/aromatic N) is 2. The quantitative estimate of drug-likeness (QED) is 0.830. The van der Waals surface area contributed by atoms with Crippen molar-refractivity contribution in [2.24, 2.45) is 0 Å². The van der Waals surface area contributed by atoms with Crippen LogP contribution in [-0.4, -0.2) is 53.6 Å². The Morgan fingerprint density at radius 1 is 1.17 bits per heavy atom. The van der Waals surface area contributed by atoms with Gasteiger partial charge in [-0.3, -0.25) is 4.79 Å². The summed E-state index contributed by atoms with van der Waals surface area (Å²) in [6.45, 7) is 1.34. The van der Waals surface area contributed by atoms with E-state index in [9.17, 15) is 18.7 Å². The first kappa shape index (κ1) is 18.8. The lowest BCUT2D eigenvalue weighted by Gasteiger charge is -2.29. The van der Waals surface area contributed by atoms with Crippen molar-refractivity contribution in [2.45, 2.75) is 44.2 Å². The molecule has 1 fully saturated rings. The van der Waals surface area contributed by atoms with Crippen molar-refractivity contribution in [1.82, 2.24) is 9.80 Å². The molecule has 1 saturated carbocycles. The molecule has 0 heterocycles. The molecule has 0 bridgehead atoms. The van der Waals surface area contributed by atoms with Crippen LogP contribution in [0.1, 0.15) is 37.7 Å². The molecule has 1 aromatic rings. The van der Waals surface area contributed by atoms with Gasteiger partial charge in [0.15, 0.2) is 11.6 Å². The minimum absolute atomic E-state index is 0.0874. The minimum Gasteiger partial charge on any atom is -0.389 e. The van der Waals surface area contributed by atoms with Gasteiger partial charge >= 0.3 is 0 Å². The van der Waals surface area contributed by atoms with Crippen LogP contribution < -0.4 is 0 Å². The summed E-state index contributed by atoms with van der Waals surface area (Å²) in [5.74, 6) is -1.96. The third-order valence-corrected chi connectivity index (χ3v) is 4.54. The highest BCUT2D eigenvalue weighted by molar-refractivity contribution is 5.77. The van der Waals surface area contributed by atoms with E-state index in [0.717, 1.165) is 25.0 Å². The molecule has 24 heavy (non-hydrogen) atoms. The van der Waals surface area contributed by atoms with Crippen molar-refractivity contribution in [3.8, 4) is 0 Å². The van der Waals surface area contributed by atoms with Crippen LogP contribution in [0.2, 0.25) is 0 Å². The third-order valence-electron chi connectivity index (χ3n) is 4.54. The molecule has 0 aliphatic heterocycles. The summed E-state index contributed by atoms with van der Waals surface area (Å²) in [7, 11) is 3.81. The molecule has 0 saturated heterocycles. The normalized spacial score (nSPS) is 16.6. The number of hydrogen-bond donors (Lipinski definition) is 1. The molecule has 0 unspecified atom stereocenters. The van der Waals surface area contributed by atoms with Gasteiger partial charge in [0.25, 0.3) is 0 Å². The second-order valence-corrected chi connectivity index (χ2v) is 6.98. The molecule has 1 aromatic carbocycles. The number of carbonyl (C=O) groups excluding carboxylic acids is 1. The van der Waals surface area contributed by atoms with Gasteiger partial charge in [-0.15, -0.1) is 0 Å². The lowest BCUT2D eigenvalue weighted by atomic mass is 9.97. The van der Waals surface area contributed by atoms with E-state index < -0.39 is 17.2 Å². The molecule has 0 aromatic heterocycles. The Hall–Kier alpha value is -1.53. The van der Waals surface area contributed by atoms with E-state index in [0.29, 0.717) is 31.5 Å². The highest BCUT2D eigenvalue weighted by Gasteiger charge is 2.34. The van der Waals surface area contributed by atoms with Crippen LogP contribution in [0, 0.1) is 11.6 Å². The summed E-state index contributed by atoms with van der Waals surface area (Å²) in [6.07, 6.45) is 3.25. The summed E-state index contributed by atoms with van der Waals surface area (Å²) in [5.41, 5.74) is -0.374. The van der Waals surface area contributed by atoms with E-state index in [1.165, 1.54) is 6.07 Å². The molecular formula is C18H26F2N2O2. The zero-order valence-corrected chi connectivity index (χ0v) is 14.4. The largest absolute Gasteiger partial charge is 0.389 e. The fourth-order valence-corrected chi connectivity index (χ4v) is 3.07. The van der Waals surface area contributed by atoms with Crippen LogP contribution in [0.5, 0.6) is 0 Å². The Morgan fingerprint density at radius 3 is 2.42 bits per heavy atom. The smallest absolute Gasteiger partial charge is 0.225 e. The van der Waals surface area contributed by atoms with Crippen LogP contribution >= 0.6 is 0 Å². The van der Waals surface area contributed by atoms with Gasteiger partial charge in [-0.1, -0.05) is 18.9 Å². The lowest BCUT2D eigenvalue weighted by Crippen LogP contribution is -2.40. The number of aliphatic hydroxyl groups is 1. The monoisotopic (exact) mass is 340 g/mol. The highest BCUT2D eigenvalue weighted by Crippen LogP contribution is 2.33. The maximum Gasteiger partial charge on any atom is 0.225 e. The van der Waals surface area contributed by atoms with E-state index in [-0.39, 0.29) is 18.9 Å². The molecular weight excluding hydrogens is 314 g/mol. The summed E-state index contributed by atoms with van der Waals surface area (Å²) in [5, 5.41) is 10.5. The van der Waals surface area contributed by atoms with Crippen LogP contribution in [0.15, 0.2) is 18.2 Å². The van der Waals surface area contributed by atoms with E-state index in [2.05, 4.69) is 0 Å². The van der Waals surface area contributed by atoms with Crippen molar-refractivity contribution in [2.75, 3.05) is 27.2 Å². The predicted molar refractivity (Wildman–Crippen MR) is 88.4 cm³/mol. The fraction of sp³-hybridized carbons (Fsp3) is 0.611. The van der Waals surface area contributed by atoms with Crippen LogP contribution in [0.4, 0.5) is 8.78 Å². The summed E-state index contributed by atoms with van der Waals surface area (Å²) < 4.78 is 26.5. The molecule has 2 rings (SSSR count). The van der Waals surface area contributed by atoms with Crippen LogP contribution in [-0.2, 0) is 11.3 Å². The van der Waals surface area contributed by atoms with E-state index >= 15 is 0 Å². The average molecular weight is 340 g/mol. The number of hydrogen-bond acceptors (Lipinski definition) is 3. The summed E-state index contributed by atoms with van der Waals surface area (Å²) >= 11 is 0. The molecule has 0 radical (unpaired) electrons. The number of rotatable bonds is 7. The first-order valence-electron chi connectivity index (χ1n) is 8.38.